The molecule has 1 heterocycles. The highest BCUT2D eigenvalue weighted by molar-refractivity contribution is 9.10. The van der Waals surface area contributed by atoms with Gasteiger partial charge in [0.25, 0.3) is 5.91 Å². The second kappa shape index (κ2) is 5.41. The van der Waals surface area contributed by atoms with Crippen LogP contribution in [0.15, 0.2) is 22.7 Å². The number of halogens is 1. The first-order valence-corrected chi connectivity index (χ1v) is 7.04. The molecule has 4 heteroatoms. The van der Waals surface area contributed by atoms with Crippen LogP contribution in [0.25, 0.3) is 0 Å². The Kier molecular flexibility index (Phi) is 4.07. The smallest absolute Gasteiger partial charge is 0.254 e. The highest BCUT2D eigenvalue weighted by atomic mass is 79.9. The van der Waals surface area contributed by atoms with Crippen LogP contribution in [0.4, 0.5) is 0 Å². The fourth-order valence-electron chi connectivity index (χ4n) is 2.23. The monoisotopic (exact) mass is 310 g/mol. The van der Waals surface area contributed by atoms with Gasteiger partial charge in [0.2, 0.25) is 0 Å². The molecule has 2 rings (SSSR count). The topological polar surface area (TPSA) is 23.6 Å². The van der Waals surface area contributed by atoms with Gasteiger partial charge in [-0.3, -0.25) is 4.79 Å². The Bertz CT molecular complexity index is 461. The normalized spacial score (nSPS) is 21.1. The van der Waals surface area contributed by atoms with E-state index in [9.17, 15) is 4.79 Å². The average molecular weight is 311 g/mol. The first-order chi connectivity index (χ1) is 8.49. The first kappa shape index (κ1) is 13.6. The molecule has 1 aliphatic rings. The first-order valence-electron chi connectivity index (χ1n) is 6.24. The summed E-state index contributed by atoms with van der Waals surface area (Å²) in [6.45, 7) is 6.71. The molecule has 18 heavy (non-hydrogen) atoms. The highest BCUT2D eigenvalue weighted by Crippen LogP contribution is 2.19. The van der Waals surface area contributed by atoms with Crippen LogP contribution in [0.2, 0.25) is 0 Å². The molecule has 0 radical (unpaired) electrons. The summed E-state index contributed by atoms with van der Waals surface area (Å²) in [5.74, 6) is 0.147. The molecule has 0 aromatic heterocycles. The van der Waals surface area contributed by atoms with Crippen LogP contribution in [0.3, 0.4) is 0 Å². The summed E-state index contributed by atoms with van der Waals surface area (Å²) in [6.07, 6.45) is 0. The fraction of sp³-hybridized carbons (Fsp3) is 0.500. The Morgan fingerprint density at radius 2 is 2.11 bits per heavy atom. The van der Waals surface area contributed by atoms with E-state index in [2.05, 4.69) is 34.8 Å². The third-order valence-corrected chi connectivity index (χ3v) is 4.17. The van der Waals surface area contributed by atoms with Gasteiger partial charge in [0, 0.05) is 35.7 Å². The van der Waals surface area contributed by atoms with Crippen LogP contribution in [0.5, 0.6) is 0 Å². The Morgan fingerprint density at radius 1 is 1.39 bits per heavy atom. The summed E-state index contributed by atoms with van der Waals surface area (Å²) in [5.41, 5.74) is 1.84. The predicted octanol–water partition coefficient (Wildman–Crippen LogP) is 2.53. The molecule has 1 aromatic rings. The van der Waals surface area contributed by atoms with E-state index in [0.717, 1.165) is 35.2 Å². The lowest BCUT2D eigenvalue weighted by molar-refractivity contribution is 0.0571. The molecule has 1 amide bonds. The molecular weight excluding hydrogens is 292 g/mol. The molecule has 1 unspecified atom stereocenters. The summed E-state index contributed by atoms with van der Waals surface area (Å²) in [7, 11) is 2.11. The molecule has 0 spiro atoms. The third-order valence-electron chi connectivity index (χ3n) is 3.68. The van der Waals surface area contributed by atoms with E-state index in [0.29, 0.717) is 6.04 Å². The van der Waals surface area contributed by atoms with E-state index in [4.69, 9.17) is 0 Å². The zero-order valence-corrected chi connectivity index (χ0v) is 12.7. The fourth-order valence-corrected chi connectivity index (χ4v) is 2.59. The summed E-state index contributed by atoms with van der Waals surface area (Å²) >= 11 is 3.43. The summed E-state index contributed by atoms with van der Waals surface area (Å²) in [5, 5.41) is 0. The minimum absolute atomic E-state index is 0.147. The molecular formula is C14H19BrN2O. The van der Waals surface area contributed by atoms with E-state index in [1.54, 1.807) is 0 Å². The number of likely N-dealkylation sites (N-methyl/N-ethyl adjacent to an activating group) is 1. The van der Waals surface area contributed by atoms with E-state index >= 15 is 0 Å². The summed E-state index contributed by atoms with van der Waals surface area (Å²) in [6, 6.07) is 6.30. The number of nitrogens with zero attached hydrogens (tertiary/aromatic N) is 2. The molecule has 0 aliphatic carbocycles. The maximum Gasteiger partial charge on any atom is 0.254 e. The van der Waals surface area contributed by atoms with E-state index in [-0.39, 0.29) is 5.91 Å². The molecule has 98 valence electrons. The van der Waals surface area contributed by atoms with Crippen molar-refractivity contribution in [2.75, 3.05) is 26.7 Å². The van der Waals surface area contributed by atoms with Gasteiger partial charge in [0.15, 0.2) is 0 Å². The lowest BCUT2D eigenvalue weighted by atomic mass is 10.1. The standard InChI is InChI=1S/C14H19BrN2O/c1-10-4-5-12(15)8-13(10)14(18)17-7-6-16(3)11(2)9-17/h4-5,8,11H,6-7,9H2,1-3H3. The predicted molar refractivity (Wildman–Crippen MR) is 76.9 cm³/mol. The van der Waals surface area contributed by atoms with Crippen molar-refractivity contribution in [3.63, 3.8) is 0 Å². The molecule has 0 saturated carbocycles. The van der Waals surface area contributed by atoms with Crippen molar-refractivity contribution in [2.45, 2.75) is 19.9 Å². The second-order valence-electron chi connectivity index (χ2n) is 5.04. The van der Waals surface area contributed by atoms with Gasteiger partial charge in [0.05, 0.1) is 0 Å². The zero-order valence-electron chi connectivity index (χ0n) is 11.1. The number of carbonyl (C=O) groups excluding carboxylic acids is 1. The molecule has 0 N–H and O–H groups in total. The van der Waals surface area contributed by atoms with Crippen molar-refractivity contribution in [3.8, 4) is 0 Å². The van der Waals surface area contributed by atoms with Gasteiger partial charge in [-0.15, -0.1) is 0 Å². The van der Waals surface area contributed by atoms with Gasteiger partial charge in [-0.1, -0.05) is 22.0 Å². The number of hydrogen-bond donors (Lipinski definition) is 0. The van der Waals surface area contributed by atoms with Crippen molar-refractivity contribution >= 4 is 21.8 Å². The number of hydrogen-bond acceptors (Lipinski definition) is 2. The van der Waals surface area contributed by atoms with Gasteiger partial charge < -0.3 is 9.80 Å². The molecule has 0 bridgehead atoms. The van der Waals surface area contributed by atoms with Gasteiger partial charge >= 0.3 is 0 Å². The molecule has 1 saturated heterocycles. The lowest BCUT2D eigenvalue weighted by Crippen LogP contribution is -2.52. The van der Waals surface area contributed by atoms with Crippen LogP contribution in [-0.2, 0) is 0 Å². The number of benzene rings is 1. The number of carbonyl (C=O) groups is 1. The number of amides is 1. The largest absolute Gasteiger partial charge is 0.336 e. The zero-order chi connectivity index (χ0) is 13.3. The van der Waals surface area contributed by atoms with E-state index < -0.39 is 0 Å². The van der Waals surface area contributed by atoms with Crippen LogP contribution in [0, 0.1) is 6.92 Å². The molecule has 1 aromatic carbocycles. The van der Waals surface area contributed by atoms with Gasteiger partial charge in [-0.25, -0.2) is 0 Å². The highest BCUT2D eigenvalue weighted by Gasteiger charge is 2.25. The molecule has 1 aliphatic heterocycles. The van der Waals surface area contributed by atoms with Crippen molar-refractivity contribution in [3.05, 3.63) is 33.8 Å². The Hall–Kier alpha value is -0.870. The number of aryl methyl sites for hydroxylation is 1. The molecule has 3 nitrogen and oxygen atoms in total. The summed E-state index contributed by atoms with van der Waals surface area (Å²) < 4.78 is 0.957. The van der Waals surface area contributed by atoms with Gasteiger partial charge in [0.1, 0.15) is 0 Å². The van der Waals surface area contributed by atoms with Crippen LogP contribution in [-0.4, -0.2) is 48.4 Å². The Balaban J connectivity index is 2.19. The second-order valence-corrected chi connectivity index (χ2v) is 5.96. The quantitative estimate of drug-likeness (QED) is 0.796. The van der Waals surface area contributed by atoms with E-state index in [1.807, 2.05) is 30.0 Å². The van der Waals surface area contributed by atoms with E-state index in [1.165, 1.54) is 0 Å². The maximum atomic E-state index is 12.5. The van der Waals surface area contributed by atoms with Crippen molar-refractivity contribution < 1.29 is 4.79 Å². The minimum atomic E-state index is 0.147. The lowest BCUT2D eigenvalue weighted by Gasteiger charge is -2.37. The van der Waals surface area contributed by atoms with Crippen molar-refractivity contribution in [1.29, 1.82) is 0 Å². The van der Waals surface area contributed by atoms with Crippen LogP contribution in [0.1, 0.15) is 22.8 Å². The molecule has 1 atom stereocenters. The average Bonchev–Trinajstić information content (AvgIpc) is 2.35. The minimum Gasteiger partial charge on any atom is -0.336 e. The van der Waals surface area contributed by atoms with Gasteiger partial charge in [-0.05, 0) is 38.6 Å². The van der Waals surface area contributed by atoms with Gasteiger partial charge in [-0.2, -0.15) is 0 Å². The van der Waals surface area contributed by atoms with Crippen LogP contribution < -0.4 is 0 Å². The summed E-state index contributed by atoms with van der Waals surface area (Å²) in [4.78, 5) is 16.8. The Morgan fingerprint density at radius 3 is 2.78 bits per heavy atom. The van der Waals surface area contributed by atoms with Crippen LogP contribution >= 0.6 is 15.9 Å². The van der Waals surface area contributed by atoms with Crippen molar-refractivity contribution in [2.24, 2.45) is 0 Å². The maximum absolute atomic E-state index is 12.5. The molecule has 1 fully saturated rings. The third kappa shape index (κ3) is 2.75. The number of rotatable bonds is 1. The number of piperazine rings is 1. The Labute approximate surface area is 117 Å². The van der Waals surface area contributed by atoms with Crippen molar-refractivity contribution in [1.82, 2.24) is 9.80 Å². The SMILES string of the molecule is Cc1ccc(Br)cc1C(=O)N1CCN(C)C(C)C1.